The first-order chi connectivity index (χ1) is 16.7. The summed E-state index contributed by atoms with van der Waals surface area (Å²) in [4.78, 5) is 19.0. The van der Waals surface area contributed by atoms with E-state index in [1.54, 1.807) is 23.0 Å². The SMILES string of the molecule is C[C@@H](c1ccccc1-c1ccc(F)cc1)n1cncc1C(=O)N1CCn2c(nnc2C(F)(F)F)C1. The third-order valence-electron chi connectivity index (χ3n) is 6.16. The Hall–Kier alpha value is -4.02. The first-order valence-electron chi connectivity index (χ1n) is 10.9. The van der Waals surface area contributed by atoms with Gasteiger partial charge in [-0.05, 0) is 35.7 Å². The summed E-state index contributed by atoms with van der Waals surface area (Å²) in [5.74, 6) is -1.67. The lowest BCUT2D eigenvalue weighted by molar-refractivity contribution is -0.147. The molecule has 0 radical (unpaired) electrons. The van der Waals surface area contributed by atoms with Crippen LogP contribution in [0.5, 0.6) is 0 Å². The van der Waals surface area contributed by atoms with Gasteiger partial charge in [0.2, 0.25) is 5.82 Å². The van der Waals surface area contributed by atoms with Gasteiger partial charge in [0.25, 0.3) is 5.91 Å². The highest BCUT2D eigenvalue weighted by molar-refractivity contribution is 5.92. The number of halogens is 4. The van der Waals surface area contributed by atoms with E-state index in [9.17, 15) is 22.4 Å². The van der Waals surface area contributed by atoms with Gasteiger partial charge in [0.1, 0.15) is 11.5 Å². The van der Waals surface area contributed by atoms with Crippen LogP contribution in [0.25, 0.3) is 11.1 Å². The van der Waals surface area contributed by atoms with E-state index in [2.05, 4.69) is 15.2 Å². The van der Waals surface area contributed by atoms with Crippen molar-refractivity contribution in [3.8, 4) is 11.1 Å². The first kappa shape index (κ1) is 22.8. The van der Waals surface area contributed by atoms with Crippen LogP contribution in [-0.4, -0.2) is 41.7 Å². The third-order valence-corrected chi connectivity index (χ3v) is 6.16. The van der Waals surface area contributed by atoms with Gasteiger partial charge >= 0.3 is 6.18 Å². The molecule has 0 saturated heterocycles. The summed E-state index contributed by atoms with van der Waals surface area (Å²) in [6.45, 7) is 1.86. The number of benzene rings is 2. The Balaban J connectivity index is 1.43. The van der Waals surface area contributed by atoms with E-state index < -0.39 is 12.0 Å². The van der Waals surface area contributed by atoms with Crippen LogP contribution in [0.15, 0.2) is 61.1 Å². The zero-order valence-corrected chi connectivity index (χ0v) is 18.6. The van der Waals surface area contributed by atoms with Gasteiger partial charge in [-0.3, -0.25) is 4.79 Å². The van der Waals surface area contributed by atoms with Crippen LogP contribution in [0.4, 0.5) is 17.6 Å². The molecule has 4 aromatic rings. The quantitative estimate of drug-likeness (QED) is 0.398. The van der Waals surface area contributed by atoms with Crippen molar-refractivity contribution in [2.75, 3.05) is 6.54 Å². The minimum absolute atomic E-state index is 0.0555. The molecular formula is C24H20F4N6O. The molecule has 5 rings (SSSR count). The molecule has 11 heteroatoms. The number of nitrogens with zero attached hydrogens (tertiary/aromatic N) is 6. The lowest BCUT2D eigenvalue weighted by Gasteiger charge is -2.29. The number of carbonyl (C=O) groups excluding carboxylic acids is 1. The monoisotopic (exact) mass is 484 g/mol. The molecule has 1 aliphatic heterocycles. The zero-order chi connectivity index (χ0) is 24.7. The van der Waals surface area contributed by atoms with Crippen LogP contribution in [-0.2, 0) is 19.3 Å². The molecule has 1 amide bonds. The fourth-order valence-electron chi connectivity index (χ4n) is 4.39. The second-order valence-corrected chi connectivity index (χ2v) is 8.27. The second kappa shape index (κ2) is 8.64. The molecule has 0 fully saturated rings. The van der Waals surface area contributed by atoms with Crippen molar-refractivity contribution in [3.05, 3.63) is 89.8 Å². The van der Waals surface area contributed by atoms with E-state index in [1.807, 2.05) is 31.2 Å². The number of amides is 1. The Morgan fingerprint density at radius 3 is 2.51 bits per heavy atom. The largest absolute Gasteiger partial charge is 0.451 e. The van der Waals surface area contributed by atoms with Crippen molar-refractivity contribution in [2.45, 2.75) is 32.2 Å². The molecule has 0 N–H and O–H groups in total. The van der Waals surface area contributed by atoms with Crippen molar-refractivity contribution in [1.82, 2.24) is 29.2 Å². The van der Waals surface area contributed by atoms with E-state index in [-0.39, 0.29) is 43.2 Å². The smallest absolute Gasteiger partial charge is 0.328 e. The minimum atomic E-state index is -4.61. The Morgan fingerprint density at radius 1 is 1.03 bits per heavy atom. The summed E-state index contributed by atoms with van der Waals surface area (Å²) in [5.41, 5.74) is 2.92. The highest BCUT2D eigenvalue weighted by Gasteiger charge is 2.40. The number of hydrogen-bond donors (Lipinski definition) is 0. The maximum absolute atomic E-state index is 13.4. The molecule has 0 aliphatic carbocycles. The van der Waals surface area contributed by atoms with Crippen LogP contribution in [0.3, 0.4) is 0 Å². The maximum Gasteiger partial charge on any atom is 0.451 e. The van der Waals surface area contributed by atoms with E-state index >= 15 is 0 Å². The number of imidazole rings is 1. The van der Waals surface area contributed by atoms with E-state index in [0.29, 0.717) is 5.69 Å². The number of rotatable bonds is 4. The van der Waals surface area contributed by atoms with Gasteiger partial charge in [0.15, 0.2) is 5.82 Å². The molecule has 180 valence electrons. The summed E-state index contributed by atoms with van der Waals surface area (Å²) < 4.78 is 55.6. The van der Waals surface area contributed by atoms with E-state index in [1.165, 1.54) is 23.2 Å². The molecule has 7 nitrogen and oxygen atoms in total. The molecule has 0 unspecified atom stereocenters. The van der Waals surface area contributed by atoms with Gasteiger partial charge in [-0.1, -0.05) is 36.4 Å². The molecule has 0 saturated carbocycles. The molecule has 1 atom stereocenters. The Labute approximate surface area is 197 Å². The predicted octanol–water partition coefficient (Wildman–Crippen LogP) is 4.56. The average Bonchev–Trinajstić information content (AvgIpc) is 3.50. The van der Waals surface area contributed by atoms with Gasteiger partial charge in [0.05, 0.1) is 25.1 Å². The third kappa shape index (κ3) is 4.17. The minimum Gasteiger partial charge on any atom is -0.328 e. The molecular weight excluding hydrogens is 464 g/mol. The summed E-state index contributed by atoms with van der Waals surface area (Å²) >= 11 is 0. The Bertz CT molecular complexity index is 1380. The van der Waals surface area contributed by atoms with Crippen LogP contribution >= 0.6 is 0 Å². The van der Waals surface area contributed by atoms with Crippen molar-refractivity contribution < 1.29 is 22.4 Å². The Morgan fingerprint density at radius 2 is 1.77 bits per heavy atom. The van der Waals surface area contributed by atoms with Gasteiger partial charge < -0.3 is 14.0 Å². The average molecular weight is 484 g/mol. The second-order valence-electron chi connectivity index (χ2n) is 8.27. The van der Waals surface area contributed by atoms with Crippen LogP contribution < -0.4 is 0 Å². The fourth-order valence-corrected chi connectivity index (χ4v) is 4.39. The molecule has 2 aromatic heterocycles. The van der Waals surface area contributed by atoms with Crippen molar-refractivity contribution in [1.29, 1.82) is 0 Å². The first-order valence-corrected chi connectivity index (χ1v) is 10.9. The number of alkyl halides is 3. The lowest BCUT2D eigenvalue weighted by atomic mass is 9.95. The molecule has 0 spiro atoms. The summed E-state index contributed by atoms with van der Waals surface area (Å²) in [6, 6.07) is 13.5. The number of hydrogen-bond acceptors (Lipinski definition) is 4. The van der Waals surface area contributed by atoms with Gasteiger partial charge in [-0.25, -0.2) is 9.37 Å². The Kier molecular flexibility index (Phi) is 5.62. The van der Waals surface area contributed by atoms with Crippen LogP contribution in [0, 0.1) is 5.82 Å². The zero-order valence-electron chi connectivity index (χ0n) is 18.6. The summed E-state index contributed by atoms with van der Waals surface area (Å²) in [5, 5.41) is 6.91. The number of carbonyl (C=O) groups is 1. The predicted molar refractivity (Wildman–Crippen MR) is 118 cm³/mol. The molecule has 3 heterocycles. The van der Waals surface area contributed by atoms with Gasteiger partial charge in [0, 0.05) is 13.1 Å². The van der Waals surface area contributed by atoms with Gasteiger partial charge in [-0.2, -0.15) is 13.2 Å². The van der Waals surface area contributed by atoms with Crippen molar-refractivity contribution in [2.24, 2.45) is 0 Å². The van der Waals surface area contributed by atoms with E-state index in [4.69, 9.17) is 0 Å². The maximum atomic E-state index is 13.4. The number of aromatic nitrogens is 5. The van der Waals surface area contributed by atoms with Crippen molar-refractivity contribution in [3.63, 3.8) is 0 Å². The topological polar surface area (TPSA) is 68.8 Å². The highest BCUT2D eigenvalue weighted by Crippen LogP contribution is 2.32. The molecule has 35 heavy (non-hydrogen) atoms. The standard InChI is InChI=1S/C24H20F4N6O/c1-15(18-4-2-3-5-19(18)16-6-8-17(25)9-7-16)34-14-29-12-20(34)22(35)32-10-11-33-21(13-32)30-31-23(33)24(26,27)28/h2-9,12,14-15H,10-11,13H2,1H3/t15-/m0/s1. The van der Waals surface area contributed by atoms with Crippen LogP contribution in [0.1, 0.15) is 40.7 Å². The lowest BCUT2D eigenvalue weighted by Crippen LogP contribution is -2.40. The van der Waals surface area contributed by atoms with Crippen molar-refractivity contribution >= 4 is 5.91 Å². The highest BCUT2D eigenvalue weighted by atomic mass is 19.4. The normalized spacial score (nSPS) is 14.6. The molecule has 0 bridgehead atoms. The van der Waals surface area contributed by atoms with E-state index in [0.717, 1.165) is 21.3 Å². The van der Waals surface area contributed by atoms with Gasteiger partial charge in [-0.15, -0.1) is 10.2 Å². The number of fused-ring (bicyclic) bond motifs is 1. The molecule has 1 aliphatic rings. The fraction of sp³-hybridized carbons (Fsp3) is 0.250. The summed E-state index contributed by atoms with van der Waals surface area (Å²) in [7, 11) is 0. The molecule has 2 aromatic carbocycles. The summed E-state index contributed by atoms with van der Waals surface area (Å²) in [6.07, 6.45) is -1.61. The van der Waals surface area contributed by atoms with Crippen LogP contribution in [0.2, 0.25) is 0 Å².